The lowest BCUT2D eigenvalue weighted by molar-refractivity contribution is -0.144. The number of carbonyl (C=O) groups is 1. The quantitative estimate of drug-likeness (QED) is 0.758. The summed E-state index contributed by atoms with van der Waals surface area (Å²) in [4.78, 5) is 11.3. The molecule has 0 heterocycles. The fraction of sp³-hybridized carbons (Fsp3) is 0.533. The molecule has 4 nitrogen and oxygen atoms in total. The molecular formula is C15H23NO3. The van der Waals surface area contributed by atoms with Crippen LogP contribution >= 0.6 is 0 Å². The number of aryl methyl sites for hydroxylation is 1. The first kappa shape index (κ1) is 15.5. The summed E-state index contributed by atoms with van der Waals surface area (Å²) in [6.07, 6.45) is 1.33. The van der Waals surface area contributed by atoms with Crippen LogP contribution in [0.15, 0.2) is 24.3 Å². The van der Waals surface area contributed by atoms with Crippen molar-refractivity contribution in [1.29, 1.82) is 0 Å². The molecule has 0 saturated carbocycles. The molecule has 1 rings (SSSR count). The Kier molecular flexibility index (Phi) is 5.83. The molecule has 0 spiro atoms. The molecule has 0 radical (unpaired) electrons. The molecular weight excluding hydrogens is 242 g/mol. The van der Waals surface area contributed by atoms with Gasteiger partial charge in [-0.3, -0.25) is 4.79 Å². The Bertz CT molecular complexity index is 420. The number of benzene rings is 1. The molecule has 1 atom stereocenters. The molecule has 0 saturated heterocycles. The van der Waals surface area contributed by atoms with Gasteiger partial charge in [-0.05, 0) is 44.5 Å². The van der Waals surface area contributed by atoms with Crippen molar-refractivity contribution in [2.24, 2.45) is 0 Å². The topological polar surface area (TPSA) is 58.6 Å². The second kappa shape index (κ2) is 7.14. The van der Waals surface area contributed by atoms with Crippen molar-refractivity contribution < 1.29 is 14.6 Å². The molecule has 2 N–H and O–H groups in total. The molecule has 1 aromatic rings. The Labute approximate surface area is 114 Å². The summed E-state index contributed by atoms with van der Waals surface area (Å²) in [5, 5.41) is 12.3. The van der Waals surface area contributed by atoms with Gasteiger partial charge >= 0.3 is 5.97 Å². The molecule has 1 unspecified atom stereocenters. The number of aliphatic carboxylic acids is 1. The van der Waals surface area contributed by atoms with Crippen molar-refractivity contribution in [3.05, 3.63) is 29.8 Å². The van der Waals surface area contributed by atoms with Gasteiger partial charge in [0.25, 0.3) is 0 Å². The van der Waals surface area contributed by atoms with Crippen molar-refractivity contribution >= 4 is 5.97 Å². The lowest BCUT2D eigenvalue weighted by Crippen LogP contribution is -2.50. The maximum absolute atomic E-state index is 11.3. The number of hydrogen-bond acceptors (Lipinski definition) is 3. The van der Waals surface area contributed by atoms with Gasteiger partial charge in [0.1, 0.15) is 11.3 Å². The Morgan fingerprint density at radius 2 is 2.21 bits per heavy atom. The van der Waals surface area contributed by atoms with E-state index in [1.807, 2.05) is 38.1 Å². The number of carboxylic acid groups (broad SMARTS) is 1. The van der Waals surface area contributed by atoms with Crippen LogP contribution in [0.5, 0.6) is 5.75 Å². The van der Waals surface area contributed by atoms with Gasteiger partial charge in [0.05, 0.1) is 6.61 Å². The van der Waals surface area contributed by atoms with Crippen molar-refractivity contribution in [1.82, 2.24) is 5.32 Å². The average Bonchev–Trinajstić information content (AvgIpc) is 2.36. The maximum atomic E-state index is 11.3. The molecule has 0 aromatic heterocycles. The van der Waals surface area contributed by atoms with Crippen molar-refractivity contribution in [2.75, 3.05) is 13.2 Å². The van der Waals surface area contributed by atoms with Crippen molar-refractivity contribution in [3.63, 3.8) is 0 Å². The Hall–Kier alpha value is -1.55. The number of nitrogens with one attached hydrogen (secondary N) is 1. The van der Waals surface area contributed by atoms with Gasteiger partial charge in [0, 0.05) is 6.42 Å². The first-order valence-corrected chi connectivity index (χ1v) is 6.66. The Balaban J connectivity index is 2.50. The molecule has 106 valence electrons. The highest BCUT2D eigenvalue weighted by Crippen LogP contribution is 2.15. The fourth-order valence-electron chi connectivity index (χ4n) is 1.75. The van der Waals surface area contributed by atoms with Gasteiger partial charge in [-0.25, -0.2) is 0 Å². The zero-order chi connectivity index (χ0) is 14.3. The Morgan fingerprint density at radius 1 is 1.47 bits per heavy atom. The normalized spacial score (nSPS) is 13.8. The van der Waals surface area contributed by atoms with Gasteiger partial charge in [-0.15, -0.1) is 0 Å². The summed E-state index contributed by atoms with van der Waals surface area (Å²) in [5.74, 6) is -0.0583. The summed E-state index contributed by atoms with van der Waals surface area (Å²) >= 11 is 0. The monoisotopic (exact) mass is 265 g/mol. The van der Waals surface area contributed by atoms with Gasteiger partial charge in [0.15, 0.2) is 0 Å². The molecule has 19 heavy (non-hydrogen) atoms. The van der Waals surface area contributed by atoms with E-state index in [1.165, 1.54) is 0 Å². The molecule has 0 aliphatic carbocycles. The predicted molar refractivity (Wildman–Crippen MR) is 75.6 cm³/mol. The van der Waals surface area contributed by atoms with E-state index >= 15 is 0 Å². The van der Waals surface area contributed by atoms with Crippen LogP contribution in [0.1, 0.15) is 32.3 Å². The van der Waals surface area contributed by atoms with Crippen LogP contribution < -0.4 is 10.1 Å². The molecule has 0 aliphatic rings. The third-order valence-electron chi connectivity index (χ3n) is 3.10. The smallest absolute Gasteiger partial charge is 0.323 e. The molecule has 0 aliphatic heterocycles. The van der Waals surface area contributed by atoms with Crippen molar-refractivity contribution in [3.8, 4) is 5.75 Å². The average molecular weight is 265 g/mol. The van der Waals surface area contributed by atoms with Crippen molar-refractivity contribution in [2.45, 2.75) is 39.2 Å². The molecule has 4 heteroatoms. The zero-order valence-electron chi connectivity index (χ0n) is 11.9. The van der Waals surface area contributed by atoms with Crippen LogP contribution in [0.4, 0.5) is 0 Å². The summed E-state index contributed by atoms with van der Waals surface area (Å²) in [7, 11) is 0. The standard InChI is InChI=1S/C15H23NO3/c1-4-9-16-15(3,14(17)18)8-10-19-13-7-5-6-12(2)11-13/h5-7,11,16H,4,8-10H2,1-3H3,(H,17,18). The molecule has 0 fully saturated rings. The molecule has 1 aromatic carbocycles. The molecule has 0 bridgehead atoms. The van der Waals surface area contributed by atoms with E-state index in [0.717, 1.165) is 17.7 Å². The van der Waals surface area contributed by atoms with Gasteiger partial charge in [-0.1, -0.05) is 19.1 Å². The second-order valence-corrected chi connectivity index (χ2v) is 4.98. The van der Waals surface area contributed by atoms with Crippen LogP contribution in [0.25, 0.3) is 0 Å². The first-order valence-electron chi connectivity index (χ1n) is 6.66. The zero-order valence-corrected chi connectivity index (χ0v) is 11.9. The Morgan fingerprint density at radius 3 is 2.79 bits per heavy atom. The summed E-state index contributed by atoms with van der Waals surface area (Å²) < 4.78 is 5.61. The van der Waals surface area contributed by atoms with E-state index in [9.17, 15) is 9.90 Å². The highest BCUT2D eigenvalue weighted by molar-refractivity contribution is 5.78. The third kappa shape index (κ3) is 4.91. The fourth-order valence-corrected chi connectivity index (χ4v) is 1.75. The van der Waals surface area contributed by atoms with E-state index in [4.69, 9.17) is 4.74 Å². The highest BCUT2D eigenvalue weighted by atomic mass is 16.5. The number of rotatable bonds is 8. The largest absolute Gasteiger partial charge is 0.493 e. The van der Waals surface area contributed by atoms with Gasteiger partial charge in [-0.2, -0.15) is 0 Å². The highest BCUT2D eigenvalue weighted by Gasteiger charge is 2.31. The van der Waals surface area contributed by atoms with Gasteiger partial charge < -0.3 is 15.2 Å². The van der Waals surface area contributed by atoms with Crippen LogP contribution in [0, 0.1) is 6.92 Å². The number of hydrogen-bond donors (Lipinski definition) is 2. The summed E-state index contributed by atoms with van der Waals surface area (Å²) in [6, 6.07) is 7.75. The third-order valence-corrected chi connectivity index (χ3v) is 3.10. The minimum Gasteiger partial charge on any atom is -0.493 e. The lowest BCUT2D eigenvalue weighted by Gasteiger charge is -2.26. The number of carboxylic acids is 1. The minimum atomic E-state index is -0.931. The van der Waals surface area contributed by atoms with Crippen LogP contribution in [-0.4, -0.2) is 29.8 Å². The van der Waals surface area contributed by atoms with E-state index in [-0.39, 0.29) is 0 Å². The minimum absolute atomic E-state index is 0.378. The van der Waals surface area contributed by atoms with E-state index in [0.29, 0.717) is 19.6 Å². The van der Waals surface area contributed by atoms with E-state index < -0.39 is 11.5 Å². The first-order chi connectivity index (χ1) is 8.98. The van der Waals surface area contributed by atoms with Crippen LogP contribution in [0.3, 0.4) is 0 Å². The summed E-state index contributed by atoms with van der Waals surface area (Å²) in [6.45, 7) is 6.77. The van der Waals surface area contributed by atoms with E-state index in [2.05, 4.69) is 5.32 Å². The van der Waals surface area contributed by atoms with E-state index in [1.54, 1.807) is 6.92 Å². The van der Waals surface area contributed by atoms with Gasteiger partial charge in [0.2, 0.25) is 0 Å². The molecule has 0 amide bonds. The number of ether oxygens (including phenoxy) is 1. The summed E-state index contributed by atoms with van der Waals surface area (Å²) in [5.41, 5.74) is 0.197. The second-order valence-electron chi connectivity index (χ2n) is 4.98. The van der Waals surface area contributed by atoms with Crippen LogP contribution in [-0.2, 0) is 4.79 Å². The predicted octanol–water partition coefficient (Wildman–Crippen LogP) is 2.61. The SMILES string of the molecule is CCCNC(C)(CCOc1cccc(C)c1)C(=O)O. The van der Waals surface area contributed by atoms with Crippen LogP contribution in [0.2, 0.25) is 0 Å². The lowest BCUT2D eigenvalue weighted by atomic mass is 9.98. The maximum Gasteiger partial charge on any atom is 0.323 e.